The Morgan fingerprint density at radius 1 is 1.47 bits per heavy atom. The first-order valence-corrected chi connectivity index (χ1v) is 7.52. The summed E-state index contributed by atoms with van der Waals surface area (Å²) in [6.45, 7) is 3.27. The van der Waals surface area contributed by atoms with Crippen molar-refractivity contribution in [2.75, 3.05) is 0 Å². The van der Waals surface area contributed by atoms with Gasteiger partial charge in [0.1, 0.15) is 10.4 Å². The highest BCUT2D eigenvalue weighted by Gasteiger charge is 2.32. The second-order valence-corrected chi connectivity index (χ2v) is 6.77. The Morgan fingerprint density at radius 2 is 2.16 bits per heavy atom. The molecule has 0 aliphatic heterocycles. The number of thiazole rings is 1. The summed E-state index contributed by atoms with van der Waals surface area (Å²) in [4.78, 5) is 15.6. The summed E-state index contributed by atoms with van der Waals surface area (Å²) in [5.41, 5.74) is 0.331. The minimum absolute atomic E-state index is 0.538. The maximum atomic E-state index is 11.2. The van der Waals surface area contributed by atoms with Gasteiger partial charge in [-0.1, -0.05) is 27.5 Å². The molecule has 0 unspecified atom stereocenters. The van der Waals surface area contributed by atoms with E-state index in [9.17, 15) is 9.90 Å². The largest absolute Gasteiger partial charge is 0.481 e. The van der Waals surface area contributed by atoms with Crippen molar-refractivity contribution < 1.29 is 9.90 Å². The number of aromatic nitrogens is 1. The molecule has 1 heterocycles. The maximum Gasteiger partial charge on any atom is 0.315 e. The molecule has 2 aromatic rings. The second-order valence-electron chi connectivity index (χ2n) is 4.59. The highest BCUT2D eigenvalue weighted by molar-refractivity contribution is 9.10. The van der Waals surface area contributed by atoms with Gasteiger partial charge in [-0.05, 0) is 32.0 Å². The zero-order valence-electron chi connectivity index (χ0n) is 10.3. The van der Waals surface area contributed by atoms with Crippen molar-refractivity contribution in [2.24, 2.45) is 0 Å². The second kappa shape index (κ2) is 5.23. The monoisotopic (exact) mass is 359 g/mol. The van der Waals surface area contributed by atoms with Gasteiger partial charge in [0.2, 0.25) is 0 Å². The fourth-order valence-corrected chi connectivity index (χ4v) is 3.10. The third kappa shape index (κ3) is 2.83. The average molecular weight is 361 g/mol. The highest BCUT2D eigenvalue weighted by atomic mass is 79.9. The molecule has 0 atom stereocenters. The van der Waals surface area contributed by atoms with Crippen molar-refractivity contribution in [1.82, 2.24) is 4.98 Å². The van der Waals surface area contributed by atoms with Crippen LogP contribution in [0.1, 0.15) is 19.5 Å². The molecule has 0 saturated carbocycles. The SMILES string of the molecule is CC(C)(C(=O)O)c1csc(-c2cc(Br)ccc2Cl)n1. The van der Waals surface area contributed by atoms with E-state index in [-0.39, 0.29) is 0 Å². The number of carboxylic acids is 1. The molecule has 3 nitrogen and oxygen atoms in total. The first-order chi connectivity index (χ1) is 8.82. The van der Waals surface area contributed by atoms with Gasteiger partial charge in [0.05, 0.1) is 10.7 Å². The summed E-state index contributed by atoms with van der Waals surface area (Å²) in [5.74, 6) is -0.898. The molecule has 6 heteroatoms. The van der Waals surface area contributed by atoms with Gasteiger partial charge in [-0.2, -0.15) is 0 Å². The van der Waals surface area contributed by atoms with E-state index in [1.54, 1.807) is 25.3 Å². The van der Waals surface area contributed by atoms with Crippen LogP contribution in [-0.4, -0.2) is 16.1 Å². The summed E-state index contributed by atoms with van der Waals surface area (Å²) in [5, 5.41) is 12.3. The quantitative estimate of drug-likeness (QED) is 0.871. The van der Waals surface area contributed by atoms with Crippen LogP contribution in [0, 0.1) is 0 Å². The Labute approximate surface area is 128 Å². The predicted octanol–water partition coefficient (Wildman–Crippen LogP) is 4.59. The Balaban J connectivity index is 2.47. The van der Waals surface area contributed by atoms with Crippen LogP contribution in [0.15, 0.2) is 28.1 Å². The van der Waals surface area contributed by atoms with E-state index in [0.29, 0.717) is 10.7 Å². The van der Waals surface area contributed by atoms with Crippen LogP contribution in [0.5, 0.6) is 0 Å². The van der Waals surface area contributed by atoms with E-state index in [2.05, 4.69) is 20.9 Å². The van der Waals surface area contributed by atoms with Crippen molar-refractivity contribution in [3.8, 4) is 10.6 Å². The lowest BCUT2D eigenvalue weighted by atomic mass is 9.90. The van der Waals surface area contributed by atoms with Crippen LogP contribution in [0.3, 0.4) is 0 Å². The fourth-order valence-electron chi connectivity index (χ4n) is 1.46. The van der Waals surface area contributed by atoms with Crippen LogP contribution >= 0.6 is 38.9 Å². The topological polar surface area (TPSA) is 50.2 Å². The van der Waals surface area contributed by atoms with Crippen molar-refractivity contribution in [3.05, 3.63) is 38.8 Å². The molecule has 0 radical (unpaired) electrons. The molecule has 0 spiro atoms. The predicted molar refractivity (Wildman–Crippen MR) is 80.9 cm³/mol. The summed E-state index contributed by atoms with van der Waals surface area (Å²) in [7, 11) is 0. The van der Waals surface area contributed by atoms with Gasteiger partial charge >= 0.3 is 5.97 Å². The lowest BCUT2D eigenvalue weighted by Crippen LogP contribution is -2.28. The van der Waals surface area contributed by atoms with E-state index in [1.807, 2.05) is 12.1 Å². The number of nitrogens with zero attached hydrogens (tertiary/aromatic N) is 1. The van der Waals surface area contributed by atoms with Crippen LogP contribution < -0.4 is 0 Å². The van der Waals surface area contributed by atoms with Crippen molar-refractivity contribution in [2.45, 2.75) is 19.3 Å². The van der Waals surface area contributed by atoms with E-state index in [1.165, 1.54) is 11.3 Å². The fraction of sp³-hybridized carbons (Fsp3) is 0.231. The number of benzene rings is 1. The molecular weight excluding hydrogens is 350 g/mol. The van der Waals surface area contributed by atoms with Crippen molar-refractivity contribution >= 4 is 44.8 Å². The van der Waals surface area contributed by atoms with Crippen molar-refractivity contribution in [1.29, 1.82) is 0 Å². The van der Waals surface area contributed by atoms with E-state index < -0.39 is 11.4 Å². The summed E-state index contributed by atoms with van der Waals surface area (Å²) in [6.07, 6.45) is 0. The molecule has 0 fully saturated rings. The van der Waals surface area contributed by atoms with Crippen LogP contribution in [-0.2, 0) is 10.2 Å². The number of halogens is 2. The molecular formula is C13H11BrClNO2S. The summed E-state index contributed by atoms with van der Waals surface area (Å²) in [6, 6.07) is 5.50. The number of aliphatic carboxylic acids is 1. The minimum atomic E-state index is -1.01. The van der Waals surface area contributed by atoms with Crippen molar-refractivity contribution in [3.63, 3.8) is 0 Å². The minimum Gasteiger partial charge on any atom is -0.481 e. The van der Waals surface area contributed by atoms with Crippen LogP contribution in [0.25, 0.3) is 10.6 Å². The van der Waals surface area contributed by atoms with Gasteiger partial charge in [-0.15, -0.1) is 11.3 Å². The highest BCUT2D eigenvalue weighted by Crippen LogP contribution is 2.35. The lowest BCUT2D eigenvalue weighted by molar-refractivity contribution is -0.142. The van der Waals surface area contributed by atoms with Crippen LogP contribution in [0.4, 0.5) is 0 Å². The molecule has 1 N–H and O–H groups in total. The molecule has 0 aliphatic carbocycles. The number of hydrogen-bond donors (Lipinski definition) is 1. The summed E-state index contributed by atoms with van der Waals surface area (Å²) < 4.78 is 0.904. The number of rotatable bonds is 3. The Bertz CT molecular complexity index is 639. The number of carboxylic acid groups (broad SMARTS) is 1. The third-order valence-corrected chi connectivity index (χ3v) is 4.54. The van der Waals surface area contributed by atoms with E-state index in [0.717, 1.165) is 15.0 Å². The zero-order chi connectivity index (χ0) is 14.2. The first kappa shape index (κ1) is 14.5. The molecule has 1 aromatic heterocycles. The average Bonchev–Trinajstić information content (AvgIpc) is 2.82. The smallest absolute Gasteiger partial charge is 0.315 e. The maximum absolute atomic E-state index is 11.2. The summed E-state index contributed by atoms with van der Waals surface area (Å²) >= 11 is 10.9. The third-order valence-electron chi connectivity index (χ3n) is 2.84. The van der Waals surface area contributed by atoms with Gasteiger partial charge in [-0.25, -0.2) is 4.98 Å². The Morgan fingerprint density at radius 3 is 2.79 bits per heavy atom. The first-order valence-electron chi connectivity index (χ1n) is 5.47. The van der Waals surface area contributed by atoms with Crippen LogP contribution in [0.2, 0.25) is 5.02 Å². The normalized spacial score (nSPS) is 11.6. The van der Waals surface area contributed by atoms with Gasteiger partial charge in [0.15, 0.2) is 0 Å². The van der Waals surface area contributed by atoms with Gasteiger partial charge in [0, 0.05) is 15.4 Å². The van der Waals surface area contributed by atoms with Gasteiger partial charge < -0.3 is 5.11 Å². The number of hydrogen-bond acceptors (Lipinski definition) is 3. The Kier molecular flexibility index (Phi) is 3.99. The standard InChI is InChI=1S/C13H11BrClNO2S/c1-13(2,12(17)18)10-6-19-11(16-10)8-5-7(14)3-4-9(8)15/h3-6H,1-2H3,(H,17,18). The molecule has 0 aliphatic rings. The number of carbonyl (C=O) groups is 1. The molecule has 0 amide bonds. The van der Waals surface area contributed by atoms with E-state index >= 15 is 0 Å². The molecule has 19 heavy (non-hydrogen) atoms. The molecule has 0 bridgehead atoms. The van der Waals surface area contributed by atoms with Gasteiger partial charge in [-0.3, -0.25) is 4.79 Å². The Hall–Kier alpha value is -0.910. The zero-order valence-corrected chi connectivity index (χ0v) is 13.4. The molecule has 100 valence electrons. The lowest BCUT2D eigenvalue weighted by Gasteiger charge is -2.15. The van der Waals surface area contributed by atoms with E-state index in [4.69, 9.17) is 11.6 Å². The molecule has 1 aromatic carbocycles. The molecule has 2 rings (SSSR count). The van der Waals surface area contributed by atoms with Gasteiger partial charge in [0.25, 0.3) is 0 Å². The molecule has 0 saturated heterocycles.